The van der Waals surface area contributed by atoms with Crippen molar-refractivity contribution >= 4 is 22.9 Å². The highest BCUT2D eigenvalue weighted by Crippen LogP contribution is 2.24. The third kappa shape index (κ3) is 3.35. The highest BCUT2D eigenvalue weighted by atomic mass is 32.1. The number of amides is 1. The van der Waals surface area contributed by atoms with Gasteiger partial charge in [-0.05, 0) is 47.7 Å². The van der Waals surface area contributed by atoms with Crippen molar-refractivity contribution in [2.24, 2.45) is 0 Å². The van der Waals surface area contributed by atoms with E-state index in [4.69, 9.17) is 0 Å². The fraction of sp³-hybridized carbons (Fsp3) is 0.0556. The molecule has 0 fully saturated rings. The number of hydrogen-bond acceptors (Lipinski definition) is 6. The molecule has 2 heterocycles. The van der Waals surface area contributed by atoms with Crippen LogP contribution in [-0.4, -0.2) is 31.1 Å². The van der Waals surface area contributed by atoms with Crippen molar-refractivity contribution in [1.82, 2.24) is 25.2 Å². The quantitative estimate of drug-likeness (QED) is 0.602. The molecule has 0 unspecified atom stereocenters. The maximum Gasteiger partial charge on any atom is 0.255 e. The number of aryl methyl sites for hydroxylation is 1. The lowest BCUT2D eigenvalue weighted by atomic mass is 10.1. The molecule has 0 radical (unpaired) electrons. The number of rotatable bonds is 4. The largest absolute Gasteiger partial charge is 0.322 e. The molecular formula is C18H14N6OS. The van der Waals surface area contributed by atoms with Gasteiger partial charge >= 0.3 is 0 Å². The van der Waals surface area contributed by atoms with Crippen molar-refractivity contribution in [3.63, 3.8) is 0 Å². The highest BCUT2D eigenvalue weighted by Gasteiger charge is 2.09. The predicted octanol–water partition coefficient (Wildman–Crippen LogP) is 3.35. The van der Waals surface area contributed by atoms with Gasteiger partial charge in [-0.1, -0.05) is 18.2 Å². The second kappa shape index (κ2) is 6.85. The molecule has 0 aliphatic heterocycles. The Balaban J connectivity index is 1.56. The van der Waals surface area contributed by atoms with Crippen LogP contribution in [0.3, 0.4) is 0 Å². The summed E-state index contributed by atoms with van der Waals surface area (Å²) in [5, 5.41) is 17.0. The highest BCUT2D eigenvalue weighted by molar-refractivity contribution is 7.09. The zero-order valence-electron chi connectivity index (χ0n) is 13.8. The van der Waals surface area contributed by atoms with Crippen molar-refractivity contribution < 1.29 is 4.79 Å². The van der Waals surface area contributed by atoms with Crippen LogP contribution in [0, 0.1) is 6.92 Å². The molecule has 26 heavy (non-hydrogen) atoms. The Morgan fingerprint density at radius 1 is 1.15 bits per heavy atom. The van der Waals surface area contributed by atoms with Crippen LogP contribution < -0.4 is 5.32 Å². The first-order valence-corrected chi connectivity index (χ1v) is 8.74. The Bertz CT molecular complexity index is 1060. The lowest BCUT2D eigenvalue weighted by Gasteiger charge is -2.08. The molecule has 4 aromatic rings. The van der Waals surface area contributed by atoms with Crippen molar-refractivity contribution in [3.05, 3.63) is 70.8 Å². The van der Waals surface area contributed by atoms with Gasteiger partial charge in [-0.3, -0.25) is 4.79 Å². The van der Waals surface area contributed by atoms with Crippen molar-refractivity contribution in [1.29, 1.82) is 0 Å². The summed E-state index contributed by atoms with van der Waals surface area (Å²) >= 11 is 1.60. The minimum atomic E-state index is -0.202. The van der Waals surface area contributed by atoms with Gasteiger partial charge in [0.25, 0.3) is 5.91 Å². The summed E-state index contributed by atoms with van der Waals surface area (Å²) in [4.78, 5) is 17.1. The lowest BCUT2D eigenvalue weighted by molar-refractivity contribution is 0.102. The average Bonchev–Trinajstić information content (AvgIpc) is 3.34. The van der Waals surface area contributed by atoms with Crippen molar-refractivity contribution in [3.8, 4) is 16.9 Å². The lowest BCUT2D eigenvalue weighted by Crippen LogP contribution is -2.12. The molecule has 4 rings (SSSR count). The fourth-order valence-electron chi connectivity index (χ4n) is 2.52. The second-order valence-corrected chi connectivity index (χ2v) is 6.65. The Kier molecular flexibility index (Phi) is 4.24. The van der Waals surface area contributed by atoms with Crippen LogP contribution in [-0.2, 0) is 0 Å². The molecule has 1 N–H and O–H groups in total. The maximum atomic E-state index is 12.6. The third-order valence-corrected chi connectivity index (χ3v) is 4.53. The van der Waals surface area contributed by atoms with Crippen LogP contribution in [0.2, 0.25) is 0 Å². The molecule has 0 saturated heterocycles. The first-order chi connectivity index (χ1) is 12.7. The van der Waals surface area contributed by atoms with E-state index in [1.54, 1.807) is 29.5 Å². The van der Waals surface area contributed by atoms with Crippen LogP contribution in [0.4, 0.5) is 5.69 Å². The van der Waals surface area contributed by atoms with Crippen LogP contribution in [0.5, 0.6) is 0 Å². The molecule has 8 heteroatoms. The Hall–Kier alpha value is -3.39. The van der Waals surface area contributed by atoms with E-state index in [9.17, 15) is 4.79 Å². The van der Waals surface area contributed by atoms with E-state index in [0.29, 0.717) is 16.9 Å². The summed E-state index contributed by atoms with van der Waals surface area (Å²) in [6, 6.07) is 14.7. The number of benzene rings is 2. The van der Waals surface area contributed by atoms with Gasteiger partial charge in [0.2, 0.25) is 0 Å². The zero-order valence-corrected chi connectivity index (χ0v) is 14.6. The molecule has 2 aromatic carbocycles. The topological polar surface area (TPSA) is 85.6 Å². The van der Waals surface area contributed by atoms with Gasteiger partial charge in [-0.2, -0.15) is 0 Å². The van der Waals surface area contributed by atoms with Gasteiger partial charge in [0, 0.05) is 22.2 Å². The summed E-state index contributed by atoms with van der Waals surface area (Å²) in [5.41, 5.74) is 3.83. The molecule has 0 aliphatic rings. The Morgan fingerprint density at radius 2 is 2.04 bits per heavy atom. The van der Waals surface area contributed by atoms with Gasteiger partial charge in [0.05, 0.1) is 16.4 Å². The van der Waals surface area contributed by atoms with E-state index < -0.39 is 0 Å². The number of tetrazole rings is 1. The average molecular weight is 362 g/mol. The minimum absolute atomic E-state index is 0.202. The van der Waals surface area contributed by atoms with Gasteiger partial charge in [0.15, 0.2) is 0 Å². The molecular weight excluding hydrogens is 348 g/mol. The monoisotopic (exact) mass is 362 g/mol. The van der Waals surface area contributed by atoms with E-state index >= 15 is 0 Å². The standard InChI is InChI=1S/C18H14N6OS/c1-12-20-17(10-26-12)13-4-2-6-15(8-13)21-18(25)14-5-3-7-16(9-14)24-11-19-22-23-24/h2-11H,1H3,(H,21,25). The number of anilines is 1. The number of thiazole rings is 1. The second-order valence-electron chi connectivity index (χ2n) is 5.59. The summed E-state index contributed by atoms with van der Waals surface area (Å²) < 4.78 is 1.50. The smallest absolute Gasteiger partial charge is 0.255 e. The minimum Gasteiger partial charge on any atom is -0.322 e. The SMILES string of the molecule is Cc1nc(-c2cccc(NC(=O)c3cccc(-n4cnnn4)c3)c2)cs1. The van der Waals surface area contributed by atoms with E-state index in [1.807, 2.05) is 42.6 Å². The van der Waals surface area contributed by atoms with Crippen molar-refractivity contribution in [2.45, 2.75) is 6.92 Å². The molecule has 128 valence electrons. The summed E-state index contributed by atoms with van der Waals surface area (Å²) in [6.07, 6.45) is 1.48. The number of carbonyl (C=O) groups excluding carboxylic acids is 1. The molecule has 0 atom stereocenters. The van der Waals surface area contributed by atoms with E-state index in [2.05, 4.69) is 25.8 Å². The van der Waals surface area contributed by atoms with E-state index in [-0.39, 0.29) is 5.91 Å². The molecule has 0 saturated carbocycles. The molecule has 7 nitrogen and oxygen atoms in total. The van der Waals surface area contributed by atoms with Crippen LogP contribution >= 0.6 is 11.3 Å². The molecule has 0 spiro atoms. The number of nitrogens with one attached hydrogen (secondary N) is 1. The van der Waals surface area contributed by atoms with Crippen LogP contribution in [0.25, 0.3) is 16.9 Å². The number of carbonyl (C=O) groups is 1. The Morgan fingerprint density at radius 3 is 2.81 bits per heavy atom. The molecule has 0 aliphatic carbocycles. The van der Waals surface area contributed by atoms with Crippen LogP contribution in [0.1, 0.15) is 15.4 Å². The predicted molar refractivity (Wildman–Crippen MR) is 99.4 cm³/mol. The zero-order chi connectivity index (χ0) is 17.9. The van der Waals surface area contributed by atoms with Gasteiger partial charge in [-0.15, -0.1) is 16.4 Å². The first kappa shape index (κ1) is 16.1. The third-order valence-electron chi connectivity index (χ3n) is 3.76. The number of hydrogen-bond donors (Lipinski definition) is 1. The maximum absolute atomic E-state index is 12.6. The van der Waals surface area contributed by atoms with Gasteiger partial charge in [0.1, 0.15) is 6.33 Å². The fourth-order valence-corrected chi connectivity index (χ4v) is 3.15. The number of aromatic nitrogens is 5. The summed E-state index contributed by atoms with van der Waals surface area (Å²) in [5.74, 6) is -0.202. The molecule has 0 bridgehead atoms. The molecule has 1 amide bonds. The van der Waals surface area contributed by atoms with Crippen LogP contribution in [0.15, 0.2) is 60.2 Å². The first-order valence-electron chi connectivity index (χ1n) is 7.86. The van der Waals surface area contributed by atoms with E-state index in [0.717, 1.165) is 16.3 Å². The van der Waals surface area contributed by atoms with Crippen molar-refractivity contribution in [2.75, 3.05) is 5.32 Å². The van der Waals surface area contributed by atoms with Gasteiger partial charge < -0.3 is 5.32 Å². The summed E-state index contributed by atoms with van der Waals surface area (Å²) in [7, 11) is 0. The summed E-state index contributed by atoms with van der Waals surface area (Å²) in [6.45, 7) is 1.97. The number of nitrogens with zero attached hydrogens (tertiary/aromatic N) is 5. The Labute approximate surface area is 153 Å². The van der Waals surface area contributed by atoms with Gasteiger partial charge in [-0.25, -0.2) is 9.67 Å². The van der Waals surface area contributed by atoms with E-state index in [1.165, 1.54) is 11.0 Å². The normalized spacial score (nSPS) is 10.7. The molecule has 2 aromatic heterocycles.